The summed E-state index contributed by atoms with van der Waals surface area (Å²) in [5, 5.41) is 33.8. The van der Waals surface area contributed by atoms with Crippen LogP contribution in [0, 0.1) is 0 Å². The number of tetrazole rings is 1. The van der Waals surface area contributed by atoms with E-state index in [1.807, 2.05) is 51.2 Å². The van der Waals surface area contributed by atoms with E-state index in [0.717, 1.165) is 16.6 Å². The Morgan fingerprint density at radius 1 is 1.17 bits per heavy atom. The average molecular weight is 440 g/mol. The van der Waals surface area contributed by atoms with Gasteiger partial charge in [-0.1, -0.05) is 0 Å². The molecule has 30 heavy (non-hydrogen) atoms. The molecule has 5 aromatic rings. The number of aromatic amines is 1. The third-order valence-electron chi connectivity index (χ3n) is 5.02. The number of methoxy groups -OCH3 is 1. The van der Waals surface area contributed by atoms with Gasteiger partial charge in [-0.15, -0.1) is 5.10 Å². The number of hydrogen-bond donors (Lipinski definition) is 2. The highest BCUT2D eigenvalue weighted by molar-refractivity contribution is 7.08. The lowest BCUT2D eigenvalue weighted by Crippen LogP contribution is -2.31. The zero-order valence-corrected chi connectivity index (χ0v) is 17.7. The van der Waals surface area contributed by atoms with Crippen molar-refractivity contribution in [2.24, 2.45) is 0 Å². The van der Waals surface area contributed by atoms with Gasteiger partial charge in [0.05, 0.1) is 18.2 Å². The van der Waals surface area contributed by atoms with E-state index >= 15 is 0 Å². The SMILES string of the molecule is CCn1c(C(O)(c2ccsc2)c2ccsc2)nc2nc(OC)c(-c3nnn[nH]3)cc21. The van der Waals surface area contributed by atoms with Crippen molar-refractivity contribution < 1.29 is 9.84 Å². The molecule has 11 heteroatoms. The minimum atomic E-state index is -1.40. The van der Waals surface area contributed by atoms with Gasteiger partial charge in [-0.2, -0.15) is 27.7 Å². The van der Waals surface area contributed by atoms with Gasteiger partial charge in [-0.3, -0.25) is 0 Å². The normalized spacial score (nSPS) is 12.0. The highest BCUT2D eigenvalue weighted by Gasteiger charge is 2.40. The average Bonchev–Trinajstić information content (AvgIpc) is 3.58. The zero-order valence-electron chi connectivity index (χ0n) is 16.1. The number of imidazole rings is 1. The van der Waals surface area contributed by atoms with Crippen molar-refractivity contribution in [3.63, 3.8) is 0 Å². The number of ether oxygens (including phenoxy) is 1. The standard InChI is InChI=1S/C19H17N7O2S2/c1-3-26-14-8-13(15-22-24-25-23-15)17(28-2)20-16(14)21-18(26)19(27,11-4-6-29-9-11)12-5-7-30-10-12/h4-10,27H,3H2,1-2H3,(H,22,23,24,25). The summed E-state index contributed by atoms with van der Waals surface area (Å²) in [6, 6.07) is 5.72. The van der Waals surface area contributed by atoms with Gasteiger partial charge in [0, 0.05) is 17.7 Å². The third kappa shape index (κ3) is 2.74. The molecule has 5 aromatic heterocycles. The number of rotatable bonds is 6. The molecule has 0 aliphatic heterocycles. The molecule has 5 rings (SSSR count). The quantitative estimate of drug-likeness (QED) is 0.418. The summed E-state index contributed by atoms with van der Waals surface area (Å²) in [5.41, 5.74) is 1.97. The predicted octanol–water partition coefficient (Wildman–Crippen LogP) is 3.05. The van der Waals surface area contributed by atoms with Crippen molar-refractivity contribution in [2.45, 2.75) is 19.1 Å². The van der Waals surface area contributed by atoms with E-state index in [-0.39, 0.29) is 0 Å². The van der Waals surface area contributed by atoms with Crippen molar-refractivity contribution in [2.75, 3.05) is 7.11 Å². The fraction of sp³-hybridized carbons (Fsp3) is 0.211. The summed E-state index contributed by atoms with van der Waals surface area (Å²) >= 11 is 3.06. The summed E-state index contributed by atoms with van der Waals surface area (Å²) in [5.74, 6) is 1.29. The Labute approximate surface area is 179 Å². The number of nitrogens with zero attached hydrogens (tertiary/aromatic N) is 6. The van der Waals surface area contributed by atoms with Gasteiger partial charge >= 0.3 is 0 Å². The Bertz CT molecular complexity index is 1240. The first-order valence-electron chi connectivity index (χ1n) is 9.14. The van der Waals surface area contributed by atoms with Crippen LogP contribution in [0.3, 0.4) is 0 Å². The molecule has 0 spiro atoms. The highest BCUT2D eigenvalue weighted by Crippen LogP contribution is 2.40. The molecule has 152 valence electrons. The first kappa shape index (κ1) is 18.9. The van der Waals surface area contributed by atoms with Gasteiger partial charge in [0.15, 0.2) is 22.9 Å². The second-order valence-electron chi connectivity index (χ2n) is 6.55. The summed E-state index contributed by atoms with van der Waals surface area (Å²) in [6.45, 7) is 2.59. The topological polar surface area (TPSA) is 115 Å². The summed E-state index contributed by atoms with van der Waals surface area (Å²) < 4.78 is 7.42. The van der Waals surface area contributed by atoms with Crippen LogP contribution >= 0.6 is 22.7 Å². The Hall–Kier alpha value is -3.15. The number of aromatic nitrogens is 7. The maximum Gasteiger partial charge on any atom is 0.226 e. The highest BCUT2D eigenvalue weighted by atomic mass is 32.1. The van der Waals surface area contributed by atoms with Crippen molar-refractivity contribution in [1.82, 2.24) is 35.2 Å². The second-order valence-corrected chi connectivity index (χ2v) is 8.11. The first-order valence-corrected chi connectivity index (χ1v) is 11.0. The number of aliphatic hydroxyl groups is 1. The number of fused-ring (bicyclic) bond motifs is 1. The smallest absolute Gasteiger partial charge is 0.226 e. The van der Waals surface area contributed by atoms with Crippen LogP contribution in [0.15, 0.2) is 39.7 Å². The van der Waals surface area contributed by atoms with Gasteiger partial charge in [0.2, 0.25) is 5.88 Å². The maximum absolute atomic E-state index is 12.0. The van der Waals surface area contributed by atoms with Crippen LogP contribution in [0.4, 0.5) is 0 Å². The molecule has 0 saturated heterocycles. The molecule has 5 heterocycles. The Balaban J connectivity index is 1.81. The van der Waals surface area contributed by atoms with Crippen molar-refractivity contribution >= 4 is 33.8 Å². The number of thiophene rings is 2. The fourth-order valence-electron chi connectivity index (χ4n) is 3.59. The molecule has 0 amide bonds. The molecular weight excluding hydrogens is 422 g/mol. The van der Waals surface area contributed by atoms with Crippen LogP contribution in [0.5, 0.6) is 5.88 Å². The molecule has 9 nitrogen and oxygen atoms in total. The van der Waals surface area contributed by atoms with E-state index in [1.54, 1.807) is 0 Å². The van der Waals surface area contributed by atoms with Crippen LogP contribution in [0.25, 0.3) is 22.6 Å². The first-order chi connectivity index (χ1) is 14.7. The second kappa shape index (κ2) is 7.27. The lowest BCUT2D eigenvalue weighted by Gasteiger charge is -2.27. The Kier molecular flexibility index (Phi) is 4.57. The largest absolute Gasteiger partial charge is 0.480 e. The number of hydrogen-bond acceptors (Lipinski definition) is 9. The molecule has 0 unspecified atom stereocenters. The fourth-order valence-corrected chi connectivity index (χ4v) is 4.99. The Morgan fingerprint density at radius 3 is 2.43 bits per heavy atom. The van der Waals surface area contributed by atoms with Crippen molar-refractivity contribution in [1.29, 1.82) is 0 Å². The molecule has 0 fully saturated rings. The van der Waals surface area contributed by atoms with E-state index < -0.39 is 5.60 Å². The lowest BCUT2D eigenvalue weighted by atomic mass is 9.89. The van der Waals surface area contributed by atoms with Gasteiger partial charge in [-0.25, -0.2) is 10.1 Å². The maximum atomic E-state index is 12.0. The third-order valence-corrected chi connectivity index (χ3v) is 6.38. The molecule has 0 aliphatic carbocycles. The van der Waals surface area contributed by atoms with Crippen LogP contribution in [-0.4, -0.2) is 47.4 Å². The van der Waals surface area contributed by atoms with E-state index in [2.05, 4.69) is 25.6 Å². The van der Waals surface area contributed by atoms with Crippen LogP contribution in [-0.2, 0) is 12.1 Å². The molecule has 0 atom stereocenters. The molecular formula is C19H17N7O2S2. The van der Waals surface area contributed by atoms with E-state index in [9.17, 15) is 5.11 Å². The Morgan fingerprint density at radius 2 is 1.90 bits per heavy atom. The van der Waals surface area contributed by atoms with Crippen molar-refractivity contribution in [3.05, 3.63) is 56.7 Å². The van der Waals surface area contributed by atoms with Crippen LogP contribution < -0.4 is 4.74 Å². The monoisotopic (exact) mass is 439 g/mol. The van der Waals surface area contributed by atoms with E-state index in [1.165, 1.54) is 29.8 Å². The molecule has 0 bridgehead atoms. The molecule has 2 N–H and O–H groups in total. The summed E-state index contributed by atoms with van der Waals surface area (Å²) in [4.78, 5) is 9.35. The van der Waals surface area contributed by atoms with Gasteiger partial charge in [0.1, 0.15) is 0 Å². The zero-order chi connectivity index (χ0) is 20.7. The molecule has 0 aromatic carbocycles. The van der Waals surface area contributed by atoms with Crippen LogP contribution in [0.1, 0.15) is 23.9 Å². The molecule has 0 radical (unpaired) electrons. The van der Waals surface area contributed by atoms with E-state index in [4.69, 9.17) is 9.72 Å². The molecule has 0 aliphatic rings. The van der Waals surface area contributed by atoms with Gasteiger partial charge < -0.3 is 14.4 Å². The van der Waals surface area contributed by atoms with Crippen LogP contribution in [0.2, 0.25) is 0 Å². The van der Waals surface area contributed by atoms with E-state index in [0.29, 0.717) is 35.3 Å². The minimum absolute atomic E-state index is 0.350. The summed E-state index contributed by atoms with van der Waals surface area (Å²) in [7, 11) is 1.53. The minimum Gasteiger partial charge on any atom is -0.480 e. The van der Waals surface area contributed by atoms with Gasteiger partial charge in [0.25, 0.3) is 0 Å². The number of nitrogens with one attached hydrogen (secondary N) is 1. The lowest BCUT2D eigenvalue weighted by molar-refractivity contribution is 0.113. The predicted molar refractivity (Wildman–Crippen MR) is 114 cm³/mol. The van der Waals surface area contributed by atoms with Crippen molar-refractivity contribution in [3.8, 4) is 17.3 Å². The molecule has 0 saturated carbocycles. The van der Waals surface area contributed by atoms with Gasteiger partial charge in [-0.05, 0) is 57.1 Å². The number of aryl methyl sites for hydroxylation is 1. The number of H-pyrrole nitrogens is 1. The summed E-state index contributed by atoms with van der Waals surface area (Å²) in [6.07, 6.45) is 0. The number of pyridine rings is 1.